The monoisotopic (exact) mass is 222 g/mol. The molecule has 0 amide bonds. The van der Waals surface area contributed by atoms with Crippen molar-refractivity contribution in [2.24, 2.45) is 0 Å². The fraction of sp³-hybridized carbons (Fsp3) is 0.500. The third-order valence-electron chi connectivity index (χ3n) is 1.23. The van der Waals surface area contributed by atoms with Gasteiger partial charge in [0.2, 0.25) is 10.0 Å². The van der Waals surface area contributed by atoms with Crippen LogP contribution in [0, 0.1) is 0 Å². The van der Waals surface area contributed by atoms with Crippen molar-refractivity contribution in [2.45, 2.75) is 0 Å². The number of aromatic nitrogens is 1. The molecule has 0 aliphatic heterocycles. The molecule has 0 saturated heterocycles. The average Bonchev–Trinajstić information content (AvgIpc) is 2.52. The first kappa shape index (κ1) is 10.4. The SMILES string of the molecule is COCCS(=O)(=O)Nc1nccs1. The van der Waals surface area contributed by atoms with Crippen LogP contribution in [0.1, 0.15) is 0 Å². The summed E-state index contributed by atoms with van der Waals surface area (Å²) in [7, 11) is -1.84. The van der Waals surface area contributed by atoms with E-state index >= 15 is 0 Å². The summed E-state index contributed by atoms with van der Waals surface area (Å²) in [5, 5.41) is 2.09. The van der Waals surface area contributed by atoms with Gasteiger partial charge in [0, 0.05) is 18.7 Å². The van der Waals surface area contributed by atoms with Gasteiger partial charge in [-0.1, -0.05) is 0 Å². The van der Waals surface area contributed by atoms with Crippen molar-refractivity contribution in [3.8, 4) is 0 Å². The largest absolute Gasteiger partial charge is 0.384 e. The number of nitrogens with zero attached hydrogens (tertiary/aromatic N) is 1. The summed E-state index contributed by atoms with van der Waals surface area (Å²) in [5.41, 5.74) is 0. The second-order valence-corrected chi connectivity index (χ2v) is 4.99. The predicted octanol–water partition coefficient (Wildman–Crippen LogP) is 0.531. The van der Waals surface area contributed by atoms with Crippen LogP contribution in [0.3, 0.4) is 0 Å². The Morgan fingerprint density at radius 3 is 3.00 bits per heavy atom. The molecule has 7 heteroatoms. The molecule has 0 unspecified atom stereocenters. The van der Waals surface area contributed by atoms with E-state index in [0.717, 1.165) is 0 Å². The van der Waals surface area contributed by atoms with Gasteiger partial charge in [-0.3, -0.25) is 4.72 Å². The first-order valence-corrected chi connectivity index (χ1v) is 6.06. The maximum absolute atomic E-state index is 11.2. The number of ether oxygens (including phenoxy) is 1. The third kappa shape index (κ3) is 3.71. The highest BCUT2D eigenvalue weighted by atomic mass is 32.2. The van der Waals surface area contributed by atoms with Crippen LogP contribution in [-0.4, -0.2) is 32.9 Å². The summed E-state index contributed by atoms with van der Waals surface area (Å²) in [4.78, 5) is 3.80. The molecule has 0 saturated carbocycles. The minimum Gasteiger partial charge on any atom is -0.384 e. The zero-order valence-corrected chi connectivity index (χ0v) is 8.69. The Morgan fingerprint density at radius 2 is 2.46 bits per heavy atom. The minimum absolute atomic E-state index is 0.0525. The molecule has 0 aliphatic rings. The Balaban J connectivity index is 2.53. The van der Waals surface area contributed by atoms with Gasteiger partial charge in [0.25, 0.3) is 0 Å². The zero-order chi connectivity index (χ0) is 9.73. The van der Waals surface area contributed by atoms with E-state index in [2.05, 4.69) is 14.4 Å². The lowest BCUT2D eigenvalue weighted by molar-refractivity contribution is 0.217. The van der Waals surface area contributed by atoms with Crippen molar-refractivity contribution in [1.82, 2.24) is 4.98 Å². The smallest absolute Gasteiger partial charge is 0.236 e. The van der Waals surface area contributed by atoms with E-state index in [0.29, 0.717) is 5.13 Å². The lowest BCUT2D eigenvalue weighted by Gasteiger charge is -2.03. The Hall–Kier alpha value is -0.660. The molecule has 0 spiro atoms. The fourth-order valence-corrected chi connectivity index (χ4v) is 2.40. The first-order chi connectivity index (χ1) is 6.14. The van der Waals surface area contributed by atoms with Crippen LogP contribution in [0.15, 0.2) is 11.6 Å². The van der Waals surface area contributed by atoms with Crippen LogP contribution in [0.5, 0.6) is 0 Å². The third-order valence-corrected chi connectivity index (χ3v) is 3.26. The number of hydrogen-bond donors (Lipinski definition) is 1. The van der Waals surface area contributed by atoms with Crippen LogP contribution in [-0.2, 0) is 14.8 Å². The zero-order valence-electron chi connectivity index (χ0n) is 7.06. The Labute approximate surface area is 80.8 Å². The van der Waals surface area contributed by atoms with Crippen LogP contribution < -0.4 is 4.72 Å². The quantitative estimate of drug-likeness (QED) is 0.789. The molecule has 0 aromatic carbocycles. The summed E-state index contributed by atoms with van der Waals surface area (Å²) in [6.07, 6.45) is 1.54. The van der Waals surface area contributed by atoms with Crippen molar-refractivity contribution in [1.29, 1.82) is 0 Å². The molecule has 1 rings (SSSR count). The summed E-state index contributed by atoms with van der Waals surface area (Å²) < 4.78 is 29.5. The molecular weight excluding hydrogens is 212 g/mol. The molecule has 1 N–H and O–H groups in total. The molecule has 0 aliphatic carbocycles. The van der Waals surface area contributed by atoms with Gasteiger partial charge in [-0.2, -0.15) is 0 Å². The Morgan fingerprint density at radius 1 is 1.69 bits per heavy atom. The van der Waals surface area contributed by atoms with Gasteiger partial charge >= 0.3 is 0 Å². The number of anilines is 1. The molecule has 13 heavy (non-hydrogen) atoms. The number of rotatable bonds is 5. The number of methoxy groups -OCH3 is 1. The number of sulfonamides is 1. The molecule has 0 bridgehead atoms. The summed E-state index contributed by atoms with van der Waals surface area (Å²) in [6, 6.07) is 0. The molecule has 1 aromatic rings. The van der Waals surface area contributed by atoms with Crippen molar-refractivity contribution in [2.75, 3.05) is 24.2 Å². The van der Waals surface area contributed by atoms with Crippen molar-refractivity contribution in [3.63, 3.8) is 0 Å². The molecular formula is C6H10N2O3S2. The highest BCUT2D eigenvalue weighted by Gasteiger charge is 2.10. The van der Waals surface area contributed by atoms with Gasteiger partial charge in [-0.05, 0) is 0 Å². The average molecular weight is 222 g/mol. The minimum atomic E-state index is -3.29. The van der Waals surface area contributed by atoms with Crippen LogP contribution in [0.4, 0.5) is 5.13 Å². The van der Waals surface area contributed by atoms with Crippen LogP contribution in [0.2, 0.25) is 0 Å². The van der Waals surface area contributed by atoms with E-state index in [9.17, 15) is 8.42 Å². The molecule has 0 fully saturated rings. The van der Waals surface area contributed by atoms with Crippen LogP contribution in [0.25, 0.3) is 0 Å². The van der Waals surface area contributed by atoms with E-state index in [4.69, 9.17) is 0 Å². The van der Waals surface area contributed by atoms with E-state index in [1.165, 1.54) is 18.4 Å². The molecule has 1 heterocycles. The second-order valence-electron chi connectivity index (χ2n) is 2.25. The van der Waals surface area contributed by atoms with Gasteiger partial charge < -0.3 is 4.74 Å². The summed E-state index contributed by atoms with van der Waals surface area (Å²) >= 11 is 1.24. The van der Waals surface area contributed by atoms with Gasteiger partial charge in [0.05, 0.1) is 12.4 Å². The van der Waals surface area contributed by atoms with E-state index < -0.39 is 10.0 Å². The molecule has 0 radical (unpaired) electrons. The molecule has 0 atom stereocenters. The Kier molecular flexibility index (Phi) is 3.64. The first-order valence-electron chi connectivity index (χ1n) is 3.53. The summed E-state index contributed by atoms with van der Waals surface area (Å²) in [5.74, 6) is -0.0525. The number of hydrogen-bond acceptors (Lipinski definition) is 5. The normalized spacial score (nSPS) is 11.5. The second kappa shape index (κ2) is 4.54. The van der Waals surface area contributed by atoms with E-state index in [1.807, 2.05) is 0 Å². The van der Waals surface area contributed by atoms with Gasteiger partial charge in [0.1, 0.15) is 0 Å². The van der Waals surface area contributed by atoms with Gasteiger partial charge in [-0.25, -0.2) is 13.4 Å². The lowest BCUT2D eigenvalue weighted by Crippen LogP contribution is -2.19. The highest BCUT2D eigenvalue weighted by molar-refractivity contribution is 7.92. The van der Waals surface area contributed by atoms with Crippen molar-refractivity contribution >= 4 is 26.5 Å². The van der Waals surface area contributed by atoms with Crippen molar-refractivity contribution < 1.29 is 13.2 Å². The molecule has 5 nitrogen and oxygen atoms in total. The highest BCUT2D eigenvalue weighted by Crippen LogP contribution is 2.12. The van der Waals surface area contributed by atoms with Gasteiger partial charge in [0.15, 0.2) is 5.13 Å². The maximum atomic E-state index is 11.2. The summed E-state index contributed by atoms with van der Waals surface area (Å²) in [6.45, 7) is 0.181. The fourth-order valence-electron chi connectivity index (χ4n) is 0.651. The predicted molar refractivity (Wildman–Crippen MR) is 51.4 cm³/mol. The number of thiazole rings is 1. The van der Waals surface area contributed by atoms with E-state index in [1.54, 1.807) is 11.6 Å². The topological polar surface area (TPSA) is 68.3 Å². The van der Waals surface area contributed by atoms with Gasteiger partial charge in [-0.15, -0.1) is 11.3 Å². The van der Waals surface area contributed by atoms with Crippen molar-refractivity contribution in [3.05, 3.63) is 11.6 Å². The Bertz CT molecular complexity index is 333. The molecule has 74 valence electrons. The lowest BCUT2D eigenvalue weighted by atomic mass is 10.9. The molecule has 1 aromatic heterocycles. The number of nitrogens with one attached hydrogen (secondary N) is 1. The van der Waals surface area contributed by atoms with Crippen LogP contribution >= 0.6 is 11.3 Å². The van der Waals surface area contributed by atoms with E-state index in [-0.39, 0.29) is 12.4 Å². The standard InChI is InChI=1S/C6H10N2O3S2/c1-11-3-5-13(9,10)8-6-7-2-4-12-6/h2,4H,3,5H2,1H3,(H,7,8). The maximum Gasteiger partial charge on any atom is 0.236 e.